The number of rotatable bonds is 2. The zero-order valence-electron chi connectivity index (χ0n) is 11.1. The van der Waals surface area contributed by atoms with Crippen molar-refractivity contribution in [3.05, 3.63) is 33.8 Å². The summed E-state index contributed by atoms with van der Waals surface area (Å²) in [5.74, 6) is 0.0285. The number of aryl methyl sites for hydroxylation is 1. The lowest BCUT2D eigenvalue weighted by atomic mass is 10.1. The zero-order valence-corrected chi connectivity index (χ0v) is 14.3. The molecule has 1 aliphatic rings. The smallest absolute Gasteiger partial charge is 0.251 e. The first-order chi connectivity index (χ1) is 9.06. The average molecular weight is 389 g/mol. The van der Waals surface area contributed by atoms with Gasteiger partial charge in [-0.25, -0.2) is 0 Å². The van der Waals surface area contributed by atoms with Gasteiger partial charge in [0.25, 0.3) is 5.91 Å². The molecule has 1 fully saturated rings. The summed E-state index contributed by atoms with van der Waals surface area (Å²) in [7, 11) is 0. The maximum atomic E-state index is 12.3. The summed E-state index contributed by atoms with van der Waals surface area (Å²) in [4.78, 5) is 12.7. The van der Waals surface area contributed by atoms with Gasteiger partial charge < -0.3 is 5.32 Å². The van der Waals surface area contributed by atoms with E-state index in [9.17, 15) is 4.79 Å². The fraction of sp³-hybridized carbons (Fsp3) is 0.533. The van der Waals surface area contributed by atoms with Crippen LogP contribution in [0.5, 0.6) is 0 Å². The zero-order chi connectivity index (χ0) is 13.8. The van der Waals surface area contributed by atoms with Crippen LogP contribution < -0.4 is 5.32 Å². The summed E-state index contributed by atoms with van der Waals surface area (Å²) < 4.78 is 0.953. The van der Waals surface area contributed by atoms with Crippen molar-refractivity contribution in [3.63, 3.8) is 0 Å². The fourth-order valence-electron chi connectivity index (χ4n) is 2.54. The Labute approximate surface area is 131 Å². The van der Waals surface area contributed by atoms with E-state index in [0.29, 0.717) is 4.83 Å². The van der Waals surface area contributed by atoms with E-state index in [0.717, 1.165) is 28.4 Å². The van der Waals surface area contributed by atoms with Gasteiger partial charge in [0.05, 0.1) is 0 Å². The van der Waals surface area contributed by atoms with Crippen molar-refractivity contribution < 1.29 is 4.79 Å². The van der Waals surface area contributed by atoms with E-state index >= 15 is 0 Å². The molecule has 0 aliphatic heterocycles. The molecule has 2 unspecified atom stereocenters. The number of halogens is 2. The molecule has 1 N–H and O–H groups in total. The fourth-order valence-corrected chi connectivity index (χ4v) is 3.87. The molecule has 19 heavy (non-hydrogen) atoms. The van der Waals surface area contributed by atoms with Crippen LogP contribution in [0, 0.1) is 6.92 Å². The topological polar surface area (TPSA) is 29.1 Å². The van der Waals surface area contributed by atoms with Gasteiger partial charge in [-0.15, -0.1) is 0 Å². The summed E-state index contributed by atoms with van der Waals surface area (Å²) in [6, 6.07) is 6.06. The quantitative estimate of drug-likeness (QED) is 0.582. The van der Waals surface area contributed by atoms with Gasteiger partial charge in [-0.05, 0) is 43.5 Å². The molecule has 4 heteroatoms. The Hall–Kier alpha value is -0.350. The maximum Gasteiger partial charge on any atom is 0.251 e. The molecule has 2 nitrogen and oxygen atoms in total. The summed E-state index contributed by atoms with van der Waals surface area (Å²) >= 11 is 7.15. The predicted octanol–water partition coefficient (Wildman–Crippen LogP) is 4.58. The third kappa shape index (κ3) is 4.32. The molecule has 0 aromatic heterocycles. The summed E-state index contributed by atoms with van der Waals surface area (Å²) in [5, 5.41) is 3.17. The summed E-state index contributed by atoms with van der Waals surface area (Å²) in [6.45, 7) is 2.00. The Balaban J connectivity index is 2.07. The van der Waals surface area contributed by atoms with Crippen molar-refractivity contribution in [2.24, 2.45) is 0 Å². The molecule has 0 bridgehead atoms. The molecule has 0 heterocycles. The molecule has 1 amide bonds. The van der Waals surface area contributed by atoms with Crippen molar-refractivity contribution >= 4 is 37.8 Å². The van der Waals surface area contributed by atoms with Gasteiger partial charge in [0.15, 0.2) is 0 Å². The van der Waals surface area contributed by atoms with E-state index in [-0.39, 0.29) is 11.9 Å². The highest BCUT2D eigenvalue weighted by molar-refractivity contribution is 9.10. The SMILES string of the molecule is Cc1cc(Br)cc(C(=O)NC2CCCCCC2Br)c1. The molecular weight excluding hydrogens is 370 g/mol. The first-order valence-corrected chi connectivity index (χ1v) is 8.49. The standard InChI is InChI=1S/C15H19Br2NO/c1-10-7-11(9-12(16)8-10)15(19)18-14-6-4-2-3-5-13(14)17/h7-9,13-14H,2-6H2,1H3,(H,18,19). The van der Waals surface area contributed by atoms with Crippen LogP contribution in [0.4, 0.5) is 0 Å². The molecule has 1 aromatic carbocycles. The van der Waals surface area contributed by atoms with Gasteiger partial charge in [0.2, 0.25) is 0 Å². The van der Waals surface area contributed by atoms with E-state index in [1.165, 1.54) is 19.3 Å². The molecule has 104 valence electrons. The van der Waals surface area contributed by atoms with Crippen LogP contribution in [0.1, 0.15) is 48.0 Å². The van der Waals surface area contributed by atoms with Crippen LogP contribution in [0.25, 0.3) is 0 Å². The van der Waals surface area contributed by atoms with Gasteiger partial charge in [-0.2, -0.15) is 0 Å². The highest BCUT2D eigenvalue weighted by Crippen LogP contribution is 2.24. The van der Waals surface area contributed by atoms with E-state index < -0.39 is 0 Å². The van der Waals surface area contributed by atoms with Crippen LogP contribution >= 0.6 is 31.9 Å². The van der Waals surface area contributed by atoms with Crippen LogP contribution in [0.3, 0.4) is 0 Å². The molecular formula is C15H19Br2NO. The summed E-state index contributed by atoms with van der Waals surface area (Å²) in [6.07, 6.45) is 5.92. The largest absolute Gasteiger partial charge is 0.348 e. The second-order valence-electron chi connectivity index (χ2n) is 5.25. The number of carbonyl (C=O) groups excluding carboxylic acids is 1. The van der Waals surface area contributed by atoms with Crippen molar-refractivity contribution in [3.8, 4) is 0 Å². The number of carbonyl (C=O) groups is 1. The number of hydrogen-bond donors (Lipinski definition) is 1. The normalized spacial score (nSPS) is 23.7. The second-order valence-corrected chi connectivity index (χ2v) is 7.34. The predicted molar refractivity (Wildman–Crippen MR) is 85.9 cm³/mol. The first kappa shape index (κ1) is 15.0. The number of alkyl halides is 1. The van der Waals surface area contributed by atoms with Crippen molar-refractivity contribution in [1.29, 1.82) is 0 Å². The Morgan fingerprint density at radius 3 is 2.68 bits per heavy atom. The monoisotopic (exact) mass is 387 g/mol. The third-order valence-electron chi connectivity index (χ3n) is 3.55. The molecule has 0 radical (unpaired) electrons. The van der Waals surface area contributed by atoms with Crippen LogP contribution in [-0.2, 0) is 0 Å². The van der Waals surface area contributed by atoms with Gasteiger partial charge >= 0.3 is 0 Å². The highest BCUT2D eigenvalue weighted by Gasteiger charge is 2.23. The number of nitrogens with one attached hydrogen (secondary N) is 1. The van der Waals surface area contributed by atoms with Crippen molar-refractivity contribution in [2.45, 2.75) is 49.9 Å². The number of benzene rings is 1. The molecule has 0 spiro atoms. The lowest BCUT2D eigenvalue weighted by Crippen LogP contribution is -2.40. The number of hydrogen-bond acceptors (Lipinski definition) is 1. The van der Waals surface area contributed by atoms with Crippen molar-refractivity contribution in [1.82, 2.24) is 5.32 Å². The van der Waals surface area contributed by atoms with Crippen LogP contribution in [-0.4, -0.2) is 16.8 Å². The molecule has 1 saturated carbocycles. The van der Waals surface area contributed by atoms with E-state index in [2.05, 4.69) is 37.2 Å². The molecule has 2 atom stereocenters. The van der Waals surface area contributed by atoms with Gasteiger partial charge in [0, 0.05) is 20.9 Å². The lowest BCUT2D eigenvalue weighted by Gasteiger charge is -2.21. The minimum Gasteiger partial charge on any atom is -0.348 e. The van der Waals surface area contributed by atoms with E-state index in [1.54, 1.807) is 0 Å². The molecule has 1 aromatic rings. The van der Waals surface area contributed by atoms with E-state index in [4.69, 9.17) is 0 Å². The Morgan fingerprint density at radius 2 is 1.95 bits per heavy atom. The minimum absolute atomic E-state index is 0.0285. The van der Waals surface area contributed by atoms with Crippen LogP contribution in [0.15, 0.2) is 22.7 Å². The molecule has 1 aliphatic carbocycles. The molecule has 0 saturated heterocycles. The second kappa shape index (κ2) is 6.89. The summed E-state index contributed by atoms with van der Waals surface area (Å²) in [5.41, 5.74) is 1.83. The van der Waals surface area contributed by atoms with E-state index in [1.807, 2.05) is 25.1 Å². The van der Waals surface area contributed by atoms with Gasteiger partial charge in [0.1, 0.15) is 0 Å². The Kier molecular flexibility index (Phi) is 5.46. The van der Waals surface area contributed by atoms with Gasteiger partial charge in [-0.1, -0.05) is 51.1 Å². The Morgan fingerprint density at radius 1 is 1.21 bits per heavy atom. The number of amides is 1. The van der Waals surface area contributed by atoms with Crippen molar-refractivity contribution in [2.75, 3.05) is 0 Å². The third-order valence-corrected chi connectivity index (χ3v) is 5.11. The Bertz CT molecular complexity index is 441. The highest BCUT2D eigenvalue weighted by atomic mass is 79.9. The average Bonchev–Trinajstić information content (AvgIpc) is 2.54. The van der Waals surface area contributed by atoms with Gasteiger partial charge in [-0.3, -0.25) is 4.79 Å². The first-order valence-electron chi connectivity index (χ1n) is 6.78. The maximum absolute atomic E-state index is 12.3. The minimum atomic E-state index is 0.0285. The molecule has 2 rings (SSSR count). The lowest BCUT2D eigenvalue weighted by molar-refractivity contribution is 0.0934. The van der Waals surface area contributed by atoms with Crippen LogP contribution in [0.2, 0.25) is 0 Å².